The zero-order valence-electron chi connectivity index (χ0n) is 19.9. The van der Waals surface area contributed by atoms with Crippen LogP contribution in [0.15, 0.2) is 60.9 Å². The number of nitrogens with one attached hydrogen (secondary N) is 2. The van der Waals surface area contributed by atoms with Crippen molar-refractivity contribution in [2.24, 2.45) is 0 Å². The van der Waals surface area contributed by atoms with Gasteiger partial charge < -0.3 is 20.1 Å². The number of fused-ring (bicyclic) bond motifs is 2. The molecule has 0 radical (unpaired) electrons. The van der Waals surface area contributed by atoms with Crippen molar-refractivity contribution in [3.63, 3.8) is 0 Å². The third-order valence-corrected chi connectivity index (χ3v) is 6.38. The van der Waals surface area contributed by atoms with Crippen LogP contribution in [-0.4, -0.2) is 30.2 Å². The number of hydrogen-bond donors (Lipinski definition) is 2. The highest BCUT2D eigenvalue weighted by Gasteiger charge is 2.19. The lowest BCUT2D eigenvalue weighted by Crippen LogP contribution is -2.30. The lowest BCUT2D eigenvalue weighted by atomic mass is 9.92. The maximum atomic E-state index is 14.0. The van der Waals surface area contributed by atoms with E-state index >= 15 is 0 Å². The van der Waals surface area contributed by atoms with E-state index in [1.807, 2.05) is 18.2 Å². The van der Waals surface area contributed by atoms with Crippen LogP contribution in [0.3, 0.4) is 0 Å². The average molecular weight is 484 g/mol. The quantitative estimate of drug-likeness (QED) is 0.323. The SMILES string of the molecule is COc1cc2c(Nc3ccc(C#N)c(F)c3)ncnc2cc1OCCCC1NCCc2ccccc21. The summed E-state index contributed by atoms with van der Waals surface area (Å²) in [6.07, 6.45) is 4.36. The summed E-state index contributed by atoms with van der Waals surface area (Å²) in [7, 11) is 1.59. The van der Waals surface area contributed by atoms with Crippen LogP contribution >= 0.6 is 0 Å². The Morgan fingerprint density at radius 1 is 1.14 bits per heavy atom. The van der Waals surface area contributed by atoms with Crippen molar-refractivity contribution in [3.05, 3.63) is 83.4 Å². The van der Waals surface area contributed by atoms with E-state index in [1.54, 1.807) is 13.2 Å². The Morgan fingerprint density at radius 2 is 2.03 bits per heavy atom. The topological polar surface area (TPSA) is 92.1 Å². The average Bonchev–Trinajstić information content (AvgIpc) is 2.91. The van der Waals surface area contributed by atoms with Gasteiger partial charge in [-0.15, -0.1) is 0 Å². The van der Waals surface area contributed by atoms with Crippen LogP contribution in [0.1, 0.15) is 35.6 Å². The van der Waals surface area contributed by atoms with Gasteiger partial charge in [0.15, 0.2) is 11.5 Å². The van der Waals surface area contributed by atoms with Gasteiger partial charge in [-0.25, -0.2) is 14.4 Å². The molecule has 7 nitrogen and oxygen atoms in total. The number of hydrogen-bond acceptors (Lipinski definition) is 7. The number of rotatable bonds is 8. The van der Waals surface area contributed by atoms with Crippen molar-refractivity contribution >= 4 is 22.4 Å². The molecule has 8 heteroatoms. The van der Waals surface area contributed by atoms with Gasteiger partial charge in [-0.2, -0.15) is 5.26 Å². The minimum atomic E-state index is -0.596. The Kier molecular flexibility index (Phi) is 6.92. The Hall–Kier alpha value is -4.22. The number of benzene rings is 3. The second-order valence-electron chi connectivity index (χ2n) is 8.62. The Morgan fingerprint density at radius 3 is 2.86 bits per heavy atom. The standard InChI is InChI=1S/C28H26FN5O2/c1-35-26-14-22-25(32-17-33-28(22)34-20-9-8-19(16-30)23(29)13-20)15-27(26)36-12-4-7-24-21-6-3-2-5-18(21)10-11-31-24/h2-3,5-6,8-9,13-15,17,24,31H,4,7,10-12H2,1H3,(H,32,33,34). The first kappa shape index (κ1) is 23.5. The molecule has 1 aromatic heterocycles. The lowest BCUT2D eigenvalue weighted by Gasteiger charge is -2.27. The van der Waals surface area contributed by atoms with E-state index in [0.717, 1.165) is 25.8 Å². The van der Waals surface area contributed by atoms with Gasteiger partial charge >= 0.3 is 0 Å². The second kappa shape index (κ2) is 10.6. The zero-order chi connectivity index (χ0) is 24.9. The molecule has 0 saturated carbocycles. The van der Waals surface area contributed by atoms with Crippen LogP contribution in [0, 0.1) is 17.1 Å². The Bertz CT molecular complexity index is 1440. The van der Waals surface area contributed by atoms with Gasteiger partial charge in [0.1, 0.15) is 24.0 Å². The summed E-state index contributed by atoms with van der Waals surface area (Å²) in [5.41, 5.74) is 3.93. The highest BCUT2D eigenvalue weighted by Crippen LogP contribution is 2.35. The first-order valence-corrected chi connectivity index (χ1v) is 11.9. The fourth-order valence-electron chi connectivity index (χ4n) is 4.58. The van der Waals surface area contributed by atoms with Crippen molar-refractivity contribution < 1.29 is 13.9 Å². The van der Waals surface area contributed by atoms with Crippen LogP contribution in [0.4, 0.5) is 15.9 Å². The van der Waals surface area contributed by atoms with E-state index in [2.05, 4.69) is 44.9 Å². The van der Waals surface area contributed by atoms with Gasteiger partial charge in [-0.1, -0.05) is 24.3 Å². The molecule has 0 amide bonds. The zero-order valence-corrected chi connectivity index (χ0v) is 19.9. The molecule has 4 aromatic rings. The van der Waals surface area contributed by atoms with Gasteiger partial charge in [-0.3, -0.25) is 0 Å². The monoisotopic (exact) mass is 483 g/mol. The van der Waals surface area contributed by atoms with E-state index in [1.165, 1.54) is 29.6 Å². The molecule has 1 aliphatic rings. The third kappa shape index (κ3) is 4.92. The van der Waals surface area contributed by atoms with Gasteiger partial charge in [0.25, 0.3) is 0 Å². The van der Waals surface area contributed by atoms with Crippen molar-refractivity contribution in [2.75, 3.05) is 25.6 Å². The smallest absolute Gasteiger partial charge is 0.163 e. The summed E-state index contributed by atoms with van der Waals surface area (Å²) in [5, 5.41) is 16.4. The van der Waals surface area contributed by atoms with E-state index in [9.17, 15) is 4.39 Å². The number of methoxy groups -OCH3 is 1. The predicted molar refractivity (Wildman–Crippen MR) is 136 cm³/mol. The molecular formula is C28H26FN5O2. The molecule has 0 spiro atoms. The molecule has 3 aromatic carbocycles. The maximum absolute atomic E-state index is 14.0. The number of nitrogens with zero attached hydrogens (tertiary/aromatic N) is 3. The highest BCUT2D eigenvalue weighted by molar-refractivity contribution is 5.93. The Balaban J connectivity index is 1.29. The lowest BCUT2D eigenvalue weighted by molar-refractivity contribution is 0.278. The van der Waals surface area contributed by atoms with Crippen LogP contribution < -0.4 is 20.1 Å². The molecule has 2 N–H and O–H groups in total. The third-order valence-electron chi connectivity index (χ3n) is 6.38. The first-order chi connectivity index (χ1) is 17.7. The molecule has 182 valence electrons. The largest absolute Gasteiger partial charge is 0.493 e. The number of halogens is 1. The van der Waals surface area contributed by atoms with Gasteiger partial charge in [-0.05, 0) is 61.2 Å². The molecule has 0 bridgehead atoms. The van der Waals surface area contributed by atoms with E-state index in [4.69, 9.17) is 14.7 Å². The normalized spacial score (nSPS) is 14.6. The summed E-state index contributed by atoms with van der Waals surface area (Å²) in [6.45, 7) is 1.54. The van der Waals surface area contributed by atoms with E-state index < -0.39 is 5.82 Å². The van der Waals surface area contributed by atoms with Gasteiger partial charge in [0.05, 0.1) is 24.8 Å². The number of aromatic nitrogens is 2. The maximum Gasteiger partial charge on any atom is 0.163 e. The van der Waals surface area contributed by atoms with Gasteiger partial charge in [0.2, 0.25) is 0 Å². The van der Waals surface area contributed by atoms with Crippen molar-refractivity contribution in [2.45, 2.75) is 25.3 Å². The number of ether oxygens (including phenoxy) is 2. The van der Waals surface area contributed by atoms with Gasteiger partial charge in [0, 0.05) is 23.2 Å². The van der Waals surface area contributed by atoms with Crippen LogP contribution in [-0.2, 0) is 6.42 Å². The summed E-state index contributed by atoms with van der Waals surface area (Å²) in [4.78, 5) is 8.69. The van der Waals surface area contributed by atoms with Crippen LogP contribution in [0.25, 0.3) is 10.9 Å². The fourth-order valence-corrected chi connectivity index (χ4v) is 4.58. The summed E-state index contributed by atoms with van der Waals surface area (Å²) in [5.74, 6) is 1.07. The molecule has 36 heavy (non-hydrogen) atoms. The number of anilines is 2. The summed E-state index contributed by atoms with van der Waals surface area (Å²) >= 11 is 0. The highest BCUT2D eigenvalue weighted by atomic mass is 19.1. The molecule has 1 atom stereocenters. The predicted octanol–water partition coefficient (Wildman–Crippen LogP) is 5.44. The number of nitriles is 1. The molecule has 0 saturated heterocycles. The molecule has 1 aliphatic heterocycles. The fraction of sp³-hybridized carbons (Fsp3) is 0.250. The second-order valence-corrected chi connectivity index (χ2v) is 8.62. The molecule has 1 unspecified atom stereocenters. The minimum absolute atomic E-state index is 0.0139. The van der Waals surface area contributed by atoms with Crippen molar-refractivity contribution in [1.29, 1.82) is 5.26 Å². The minimum Gasteiger partial charge on any atom is -0.493 e. The Labute approximate surface area is 208 Å². The van der Waals surface area contributed by atoms with E-state index in [-0.39, 0.29) is 5.56 Å². The summed E-state index contributed by atoms with van der Waals surface area (Å²) in [6, 6.07) is 18.7. The van der Waals surface area contributed by atoms with Crippen LogP contribution in [0.2, 0.25) is 0 Å². The summed E-state index contributed by atoms with van der Waals surface area (Å²) < 4.78 is 25.7. The molecule has 0 fully saturated rings. The molecule has 0 aliphatic carbocycles. The molecule has 2 heterocycles. The van der Waals surface area contributed by atoms with Crippen LogP contribution in [0.5, 0.6) is 11.5 Å². The molecule has 5 rings (SSSR count). The van der Waals surface area contributed by atoms with Crippen molar-refractivity contribution in [1.82, 2.24) is 15.3 Å². The first-order valence-electron chi connectivity index (χ1n) is 11.9. The van der Waals surface area contributed by atoms with Crippen molar-refractivity contribution in [3.8, 4) is 17.6 Å². The van der Waals surface area contributed by atoms with E-state index in [0.29, 0.717) is 46.6 Å². The molecular weight excluding hydrogens is 457 g/mol.